The summed E-state index contributed by atoms with van der Waals surface area (Å²) >= 11 is 0. The number of rotatable bonds is 5. The molecule has 0 fully saturated rings. The van der Waals surface area contributed by atoms with Gasteiger partial charge in [0, 0.05) is 13.3 Å². The highest BCUT2D eigenvalue weighted by atomic mass is 16.5. The molecule has 4 rings (SSSR count). The molecule has 0 aliphatic carbocycles. The molecule has 30 heavy (non-hydrogen) atoms. The number of nitrogens with one attached hydrogen (secondary N) is 1. The number of hydrogen-bond donors (Lipinski definition) is 1. The second-order valence-electron chi connectivity index (χ2n) is 7.37. The van der Waals surface area contributed by atoms with Crippen LogP contribution in [0.2, 0.25) is 0 Å². The van der Waals surface area contributed by atoms with E-state index < -0.39 is 12.0 Å². The Morgan fingerprint density at radius 3 is 2.17 bits per heavy atom. The van der Waals surface area contributed by atoms with Crippen LogP contribution in [0.1, 0.15) is 12.5 Å². The lowest BCUT2D eigenvalue weighted by molar-refractivity contribution is -0.144. The Hall–Kier alpha value is -3.66. The largest absolute Gasteiger partial charge is 0.467 e. The van der Waals surface area contributed by atoms with Gasteiger partial charge >= 0.3 is 5.97 Å². The minimum absolute atomic E-state index is 0.260. The van der Waals surface area contributed by atoms with Gasteiger partial charge in [0.25, 0.3) is 0 Å². The Labute approximate surface area is 175 Å². The third-order valence-corrected chi connectivity index (χ3v) is 5.34. The van der Waals surface area contributed by atoms with Crippen LogP contribution >= 0.6 is 0 Å². The van der Waals surface area contributed by atoms with Crippen LogP contribution in [0.15, 0.2) is 78.9 Å². The smallest absolute Gasteiger partial charge is 0.328 e. The topological polar surface area (TPSA) is 55.4 Å². The van der Waals surface area contributed by atoms with E-state index in [0.29, 0.717) is 6.42 Å². The van der Waals surface area contributed by atoms with Crippen LogP contribution in [0.5, 0.6) is 0 Å². The zero-order valence-electron chi connectivity index (χ0n) is 17.0. The van der Waals surface area contributed by atoms with Crippen molar-refractivity contribution < 1.29 is 14.3 Å². The first-order chi connectivity index (χ1) is 14.6. The standard InChI is InChI=1S/C26H23NO3/c1-17(28)27-25(26(29)30-2)15-18-11-13-19(14-12-18)24-16-20-7-3-4-8-21(20)22-9-5-6-10-23(22)24/h3-14,16,25H,15H2,1-2H3,(H,27,28)/t25-/m0/s1. The quantitative estimate of drug-likeness (QED) is 0.386. The van der Waals surface area contributed by atoms with Gasteiger partial charge in [-0.3, -0.25) is 4.79 Å². The summed E-state index contributed by atoms with van der Waals surface area (Å²) < 4.78 is 4.81. The van der Waals surface area contributed by atoms with Crippen LogP contribution in [-0.2, 0) is 20.7 Å². The molecule has 4 heteroatoms. The molecular weight excluding hydrogens is 374 g/mol. The molecule has 0 heterocycles. The van der Waals surface area contributed by atoms with Gasteiger partial charge in [-0.2, -0.15) is 0 Å². The average Bonchev–Trinajstić information content (AvgIpc) is 2.78. The molecule has 150 valence electrons. The van der Waals surface area contributed by atoms with Gasteiger partial charge in [0.15, 0.2) is 0 Å². The maximum absolute atomic E-state index is 12.0. The first kappa shape index (κ1) is 19.6. The first-order valence-electron chi connectivity index (χ1n) is 9.91. The van der Waals surface area contributed by atoms with Gasteiger partial charge in [-0.25, -0.2) is 4.79 Å². The number of ether oxygens (including phenoxy) is 1. The first-order valence-corrected chi connectivity index (χ1v) is 9.91. The zero-order valence-corrected chi connectivity index (χ0v) is 17.0. The maximum Gasteiger partial charge on any atom is 0.328 e. The second kappa shape index (κ2) is 8.37. The van der Waals surface area contributed by atoms with Crippen LogP contribution in [0.3, 0.4) is 0 Å². The van der Waals surface area contributed by atoms with E-state index in [4.69, 9.17) is 4.74 Å². The molecule has 0 spiro atoms. The number of methoxy groups -OCH3 is 1. The Balaban J connectivity index is 1.71. The molecule has 1 N–H and O–H groups in total. The van der Waals surface area contributed by atoms with Crippen molar-refractivity contribution in [2.75, 3.05) is 7.11 Å². The number of fused-ring (bicyclic) bond motifs is 3. The van der Waals surface area contributed by atoms with Crippen molar-refractivity contribution in [3.63, 3.8) is 0 Å². The Morgan fingerprint density at radius 2 is 1.50 bits per heavy atom. The highest BCUT2D eigenvalue weighted by molar-refractivity contribution is 6.13. The molecule has 1 amide bonds. The summed E-state index contributed by atoms with van der Waals surface area (Å²) in [5, 5.41) is 7.53. The van der Waals surface area contributed by atoms with E-state index in [0.717, 1.165) is 11.1 Å². The van der Waals surface area contributed by atoms with E-state index in [9.17, 15) is 9.59 Å². The fraction of sp³-hybridized carbons (Fsp3) is 0.154. The number of esters is 1. The van der Waals surface area contributed by atoms with E-state index in [1.807, 2.05) is 12.1 Å². The highest BCUT2D eigenvalue weighted by Gasteiger charge is 2.20. The van der Waals surface area contributed by atoms with Crippen molar-refractivity contribution in [3.05, 3.63) is 84.4 Å². The lowest BCUT2D eigenvalue weighted by Gasteiger charge is -2.16. The zero-order chi connectivity index (χ0) is 21.1. The van der Waals surface area contributed by atoms with Gasteiger partial charge in [-0.05, 0) is 44.3 Å². The minimum atomic E-state index is -0.695. The monoisotopic (exact) mass is 397 g/mol. The molecular formula is C26H23NO3. The van der Waals surface area contributed by atoms with Gasteiger partial charge in [0.05, 0.1) is 7.11 Å². The molecule has 4 aromatic carbocycles. The predicted octanol–water partition coefficient (Wildman–Crippen LogP) is 4.88. The van der Waals surface area contributed by atoms with E-state index >= 15 is 0 Å². The molecule has 0 bridgehead atoms. The van der Waals surface area contributed by atoms with Crippen molar-refractivity contribution in [2.45, 2.75) is 19.4 Å². The van der Waals surface area contributed by atoms with Crippen molar-refractivity contribution in [3.8, 4) is 11.1 Å². The summed E-state index contributed by atoms with van der Waals surface area (Å²) in [5.41, 5.74) is 3.23. The molecule has 0 unspecified atom stereocenters. The van der Waals surface area contributed by atoms with E-state index in [1.54, 1.807) is 0 Å². The summed E-state index contributed by atoms with van der Waals surface area (Å²) in [6.07, 6.45) is 0.380. The minimum Gasteiger partial charge on any atom is -0.467 e. The van der Waals surface area contributed by atoms with Crippen LogP contribution in [0.25, 0.3) is 32.7 Å². The van der Waals surface area contributed by atoms with Crippen LogP contribution in [0, 0.1) is 0 Å². The molecule has 0 saturated heterocycles. The molecule has 0 saturated carbocycles. The molecule has 4 nitrogen and oxygen atoms in total. The van der Waals surface area contributed by atoms with Crippen molar-refractivity contribution in [1.29, 1.82) is 0 Å². The van der Waals surface area contributed by atoms with Crippen LogP contribution < -0.4 is 5.32 Å². The Bertz CT molecular complexity index is 1230. The summed E-state index contributed by atoms with van der Waals surface area (Å²) in [6.45, 7) is 1.39. The highest BCUT2D eigenvalue weighted by Crippen LogP contribution is 2.34. The molecule has 4 aromatic rings. The normalized spacial score (nSPS) is 11.9. The molecule has 0 radical (unpaired) electrons. The van der Waals surface area contributed by atoms with Gasteiger partial charge < -0.3 is 10.1 Å². The lowest BCUT2D eigenvalue weighted by Crippen LogP contribution is -2.41. The van der Waals surface area contributed by atoms with Gasteiger partial charge in [0.2, 0.25) is 5.91 Å². The average molecular weight is 397 g/mol. The van der Waals surface area contributed by atoms with Crippen molar-refractivity contribution in [2.24, 2.45) is 0 Å². The fourth-order valence-corrected chi connectivity index (χ4v) is 3.93. The number of carbonyl (C=O) groups is 2. The predicted molar refractivity (Wildman–Crippen MR) is 120 cm³/mol. The summed E-state index contributed by atoms with van der Waals surface area (Å²) in [5.74, 6) is -0.709. The third-order valence-electron chi connectivity index (χ3n) is 5.34. The Kier molecular flexibility index (Phi) is 5.48. The summed E-state index contributed by atoms with van der Waals surface area (Å²) in [4.78, 5) is 23.4. The van der Waals surface area contributed by atoms with Crippen molar-refractivity contribution in [1.82, 2.24) is 5.32 Å². The molecule has 0 aromatic heterocycles. The maximum atomic E-state index is 12.0. The van der Waals surface area contributed by atoms with E-state index in [-0.39, 0.29) is 5.91 Å². The molecule has 0 aliphatic rings. The summed E-state index contributed by atoms with van der Waals surface area (Å²) in [7, 11) is 1.32. The third kappa shape index (κ3) is 3.90. The van der Waals surface area contributed by atoms with Gasteiger partial charge in [-0.15, -0.1) is 0 Å². The number of carbonyl (C=O) groups excluding carboxylic acids is 2. The summed E-state index contributed by atoms with van der Waals surface area (Å²) in [6, 6.07) is 26.5. The van der Waals surface area contributed by atoms with E-state index in [2.05, 4.69) is 72.0 Å². The van der Waals surface area contributed by atoms with Gasteiger partial charge in [0.1, 0.15) is 6.04 Å². The van der Waals surface area contributed by atoms with Gasteiger partial charge in [-0.1, -0.05) is 72.8 Å². The number of benzene rings is 4. The SMILES string of the molecule is COC(=O)[C@H](Cc1ccc(-c2cc3ccccc3c3ccccc23)cc1)NC(C)=O. The number of amides is 1. The second-order valence-corrected chi connectivity index (χ2v) is 7.37. The van der Waals surface area contributed by atoms with E-state index in [1.165, 1.54) is 41.1 Å². The lowest BCUT2D eigenvalue weighted by atomic mass is 9.92. The molecule has 0 aliphatic heterocycles. The van der Waals surface area contributed by atoms with Crippen molar-refractivity contribution >= 4 is 33.4 Å². The number of hydrogen-bond acceptors (Lipinski definition) is 3. The Morgan fingerprint density at radius 1 is 0.867 bits per heavy atom. The fourth-order valence-electron chi connectivity index (χ4n) is 3.93. The van der Waals surface area contributed by atoms with Crippen LogP contribution in [-0.4, -0.2) is 25.0 Å². The van der Waals surface area contributed by atoms with Crippen LogP contribution in [0.4, 0.5) is 0 Å². The molecule has 1 atom stereocenters.